The molecule has 1 rings (SSSR count). The zero-order valence-electron chi connectivity index (χ0n) is 4.31. The second kappa shape index (κ2) is 3.13. The Morgan fingerprint density at radius 1 is 1.44 bits per heavy atom. The Kier molecular flexibility index (Phi) is 2.68. The maximum absolute atomic E-state index is 4.06. The van der Waals surface area contributed by atoms with E-state index < -0.39 is 0 Å². The maximum atomic E-state index is 4.06. The molecule has 1 heterocycles. The molecule has 0 aromatic carbocycles. The summed E-state index contributed by atoms with van der Waals surface area (Å²) in [6.45, 7) is 0. The van der Waals surface area contributed by atoms with Gasteiger partial charge in [0.25, 0.3) is 0 Å². The summed E-state index contributed by atoms with van der Waals surface area (Å²) < 4.78 is 2.54. The number of nitrogens with zero attached hydrogens (tertiary/aromatic N) is 2. The molecule has 1 aromatic rings. The molecular formula is C4H3AsBr2N2. The van der Waals surface area contributed by atoms with Crippen LogP contribution in [0.15, 0.2) is 15.4 Å². The average Bonchev–Trinajstić information content (AvgIpc) is 1.80. The third-order valence-electron chi connectivity index (χ3n) is 0.726. The molecule has 0 fully saturated rings. The van der Waals surface area contributed by atoms with E-state index in [1.54, 1.807) is 6.20 Å². The zero-order chi connectivity index (χ0) is 6.85. The molecule has 0 saturated heterocycles. The van der Waals surface area contributed by atoms with Gasteiger partial charge < -0.3 is 0 Å². The van der Waals surface area contributed by atoms with Gasteiger partial charge in [-0.15, -0.1) is 0 Å². The number of hydrogen-bond acceptors (Lipinski definition) is 2. The van der Waals surface area contributed by atoms with Crippen molar-refractivity contribution in [3.63, 3.8) is 0 Å². The molecule has 0 N–H and O–H groups in total. The topological polar surface area (TPSA) is 25.8 Å². The normalized spacial score (nSPS) is 9.67. The quantitative estimate of drug-likeness (QED) is 0.642. The first-order valence-corrected chi connectivity index (χ1v) is 4.93. The number of aromatic nitrogens is 2. The first-order chi connectivity index (χ1) is 4.20. The van der Waals surface area contributed by atoms with Gasteiger partial charge in [-0.3, -0.25) is 0 Å². The van der Waals surface area contributed by atoms with E-state index in [9.17, 15) is 0 Å². The Bertz CT molecular complexity index is 228. The first-order valence-electron chi connectivity index (χ1n) is 2.13. The molecule has 1 atom stereocenters. The fourth-order valence-electron chi connectivity index (χ4n) is 0.356. The summed E-state index contributed by atoms with van der Waals surface area (Å²) in [5, 5.41) is 0. The van der Waals surface area contributed by atoms with Crippen molar-refractivity contribution in [2.45, 2.75) is 0 Å². The SMILES string of the molecule is [AsH2]c1ncc(Br)nc1Br. The minimum absolute atomic E-state index is 0.760. The summed E-state index contributed by atoms with van der Waals surface area (Å²) >= 11 is 7.92. The average molecular weight is 314 g/mol. The molecule has 0 aliphatic heterocycles. The molecule has 0 bridgehead atoms. The van der Waals surface area contributed by atoms with Crippen molar-refractivity contribution in [3.8, 4) is 0 Å². The Morgan fingerprint density at radius 2 is 2.11 bits per heavy atom. The predicted molar refractivity (Wildman–Crippen MR) is 45.6 cm³/mol. The fourth-order valence-corrected chi connectivity index (χ4v) is 1.46. The summed E-state index contributed by atoms with van der Waals surface area (Å²) in [6.07, 6.45) is 1.68. The molecule has 1 aromatic heterocycles. The standard InChI is InChI=1S/C4H3AsBr2N2/c5-3-4(7)9-2(6)1-8-3/h1H,5H2. The molecule has 0 spiro atoms. The van der Waals surface area contributed by atoms with Gasteiger partial charge in [-0.25, -0.2) is 0 Å². The van der Waals surface area contributed by atoms with Gasteiger partial charge in [-0.1, -0.05) is 0 Å². The van der Waals surface area contributed by atoms with Crippen molar-refractivity contribution in [2.75, 3.05) is 0 Å². The van der Waals surface area contributed by atoms with Crippen LogP contribution in [0.4, 0.5) is 0 Å². The van der Waals surface area contributed by atoms with Gasteiger partial charge in [-0.2, -0.15) is 0 Å². The Labute approximate surface area is 78.2 Å². The van der Waals surface area contributed by atoms with Crippen LogP contribution in [0.5, 0.6) is 0 Å². The van der Waals surface area contributed by atoms with Crippen molar-refractivity contribution < 1.29 is 0 Å². The molecule has 0 radical (unpaired) electrons. The van der Waals surface area contributed by atoms with E-state index >= 15 is 0 Å². The summed E-state index contributed by atoms with van der Waals surface area (Å²) in [7, 11) is 0. The summed E-state index contributed by atoms with van der Waals surface area (Å²) in [5.74, 6) is 0. The van der Waals surface area contributed by atoms with Crippen molar-refractivity contribution in [2.24, 2.45) is 0 Å². The molecule has 5 heteroatoms. The van der Waals surface area contributed by atoms with Crippen LogP contribution in [0, 0.1) is 0 Å². The molecule has 2 nitrogen and oxygen atoms in total. The molecular weight excluding hydrogens is 311 g/mol. The van der Waals surface area contributed by atoms with Crippen LogP contribution in [0.2, 0.25) is 0 Å². The molecule has 0 aliphatic carbocycles. The van der Waals surface area contributed by atoms with Crippen LogP contribution >= 0.6 is 31.9 Å². The molecule has 9 heavy (non-hydrogen) atoms. The van der Waals surface area contributed by atoms with E-state index in [1.165, 1.54) is 16.9 Å². The van der Waals surface area contributed by atoms with E-state index in [0.717, 1.165) is 13.7 Å². The van der Waals surface area contributed by atoms with Gasteiger partial charge in [0.2, 0.25) is 0 Å². The van der Waals surface area contributed by atoms with Gasteiger partial charge in [0.05, 0.1) is 0 Å². The van der Waals surface area contributed by atoms with E-state index in [1.807, 2.05) is 0 Å². The molecule has 0 amide bonds. The van der Waals surface area contributed by atoms with E-state index in [-0.39, 0.29) is 0 Å². The molecule has 0 aliphatic rings. The van der Waals surface area contributed by atoms with E-state index in [4.69, 9.17) is 0 Å². The second-order valence-electron chi connectivity index (χ2n) is 1.37. The predicted octanol–water partition coefficient (Wildman–Crippen LogP) is 0.260. The van der Waals surface area contributed by atoms with Crippen molar-refractivity contribution in [1.29, 1.82) is 0 Å². The van der Waals surface area contributed by atoms with Crippen LogP contribution in [0.1, 0.15) is 0 Å². The van der Waals surface area contributed by atoms with Gasteiger partial charge in [0, 0.05) is 0 Å². The van der Waals surface area contributed by atoms with Crippen LogP contribution in [-0.4, -0.2) is 26.8 Å². The van der Waals surface area contributed by atoms with Gasteiger partial charge in [0.15, 0.2) is 0 Å². The van der Waals surface area contributed by atoms with Gasteiger partial charge in [0.1, 0.15) is 0 Å². The zero-order valence-corrected chi connectivity index (χ0v) is 9.90. The van der Waals surface area contributed by atoms with Gasteiger partial charge >= 0.3 is 78.6 Å². The third-order valence-corrected chi connectivity index (χ3v) is 3.47. The number of hydrogen-bond donors (Lipinski definition) is 0. The number of halogens is 2. The van der Waals surface area contributed by atoms with E-state index in [2.05, 4.69) is 41.8 Å². The Balaban J connectivity index is 3.17. The Morgan fingerprint density at radius 3 is 2.56 bits per heavy atom. The van der Waals surface area contributed by atoms with Crippen LogP contribution < -0.4 is 4.48 Å². The van der Waals surface area contributed by atoms with Crippen molar-refractivity contribution in [3.05, 3.63) is 15.4 Å². The number of rotatable bonds is 0. The molecule has 0 saturated carbocycles. The van der Waals surface area contributed by atoms with Crippen LogP contribution in [-0.2, 0) is 0 Å². The van der Waals surface area contributed by atoms with Crippen molar-refractivity contribution >= 4 is 53.2 Å². The summed E-state index contributed by atoms with van der Waals surface area (Å²) in [5.41, 5.74) is 0. The fraction of sp³-hybridized carbons (Fsp3) is 0. The first kappa shape index (κ1) is 7.70. The monoisotopic (exact) mass is 312 g/mol. The van der Waals surface area contributed by atoms with E-state index in [0.29, 0.717) is 0 Å². The van der Waals surface area contributed by atoms with Crippen molar-refractivity contribution in [1.82, 2.24) is 9.97 Å². The summed E-state index contributed by atoms with van der Waals surface area (Å²) in [6, 6.07) is 0. The summed E-state index contributed by atoms with van der Waals surface area (Å²) in [4.78, 5) is 8.11. The van der Waals surface area contributed by atoms with Crippen LogP contribution in [0.25, 0.3) is 0 Å². The molecule has 1 unspecified atom stereocenters. The second-order valence-corrected chi connectivity index (χ2v) is 4.08. The minimum atomic E-state index is 0.760. The van der Waals surface area contributed by atoms with Gasteiger partial charge in [-0.05, 0) is 0 Å². The third kappa shape index (κ3) is 2.02. The molecule has 48 valence electrons. The Hall–Kier alpha value is 0.598. The van der Waals surface area contributed by atoms with Crippen LogP contribution in [0.3, 0.4) is 0 Å².